The molecular weight excluding hydrogens is 396 g/mol. The Balaban J connectivity index is 1.56. The molecule has 0 saturated carbocycles. The highest BCUT2D eigenvalue weighted by Gasteiger charge is 2.29. The molecule has 3 aromatic rings. The summed E-state index contributed by atoms with van der Waals surface area (Å²) in [7, 11) is -3.69. The number of pyridine rings is 1. The van der Waals surface area contributed by atoms with Crippen molar-refractivity contribution >= 4 is 21.2 Å². The van der Waals surface area contributed by atoms with Crippen LogP contribution >= 0.6 is 0 Å². The molecule has 0 spiro atoms. The van der Waals surface area contributed by atoms with Crippen LogP contribution in [0.2, 0.25) is 0 Å². The number of aryl methyl sites for hydroxylation is 1. The SMILES string of the molecule is Cc1ccc(S(=O)(=O)C(N)c2ccccc2N2CCN(c3ccncc3)CC2)cc1. The minimum atomic E-state index is -3.69. The number of sulfone groups is 1. The van der Waals surface area contributed by atoms with Crippen molar-refractivity contribution in [3.8, 4) is 0 Å². The topological polar surface area (TPSA) is 79.5 Å². The van der Waals surface area contributed by atoms with Gasteiger partial charge >= 0.3 is 0 Å². The second-order valence-electron chi connectivity index (χ2n) is 7.52. The molecule has 0 amide bonds. The molecule has 1 unspecified atom stereocenters. The van der Waals surface area contributed by atoms with Gasteiger partial charge in [0.05, 0.1) is 4.90 Å². The largest absolute Gasteiger partial charge is 0.368 e. The highest BCUT2D eigenvalue weighted by atomic mass is 32.2. The van der Waals surface area contributed by atoms with Gasteiger partial charge in [-0.25, -0.2) is 8.42 Å². The summed E-state index contributed by atoms with van der Waals surface area (Å²) in [6.45, 7) is 5.20. The zero-order chi connectivity index (χ0) is 21.1. The van der Waals surface area contributed by atoms with Crippen molar-refractivity contribution in [2.75, 3.05) is 36.0 Å². The molecule has 1 aromatic heterocycles. The highest BCUT2D eigenvalue weighted by Crippen LogP contribution is 2.32. The number of hydrogen-bond acceptors (Lipinski definition) is 6. The van der Waals surface area contributed by atoms with Crippen LogP contribution in [0.5, 0.6) is 0 Å². The quantitative estimate of drug-likeness (QED) is 0.680. The van der Waals surface area contributed by atoms with Crippen LogP contribution in [0, 0.1) is 6.92 Å². The minimum Gasteiger partial charge on any atom is -0.368 e. The average Bonchev–Trinajstić information content (AvgIpc) is 2.79. The number of rotatable bonds is 5. The summed E-state index contributed by atoms with van der Waals surface area (Å²) in [6, 6.07) is 18.4. The molecule has 1 atom stereocenters. The number of para-hydroxylation sites is 1. The fraction of sp³-hybridized carbons (Fsp3) is 0.261. The number of nitrogens with zero attached hydrogens (tertiary/aromatic N) is 3. The smallest absolute Gasteiger partial charge is 0.198 e. The van der Waals surface area contributed by atoms with Crippen LogP contribution in [-0.2, 0) is 9.84 Å². The Bertz CT molecular complexity index is 1090. The summed E-state index contributed by atoms with van der Waals surface area (Å²) in [5, 5.41) is -1.12. The van der Waals surface area contributed by atoms with Crippen molar-refractivity contribution in [2.24, 2.45) is 5.73 Å². The van der Waals surface area contributed by atoms with Crippen molar-refractivity contribution < 1.29 is 8.42 Å². The molecule has 1 aliphatic heterocycles. The molecule has 2 heterocycles. The van der Waals surface area contributed by atoms with E-state index in [2.05, 4.69) is 14.8 Å². The van der Waals surface area contributed by atoms with Gasteiger partial charge in [-0.05, 0) is 37.3 Å². The Morgan fingerprint density at radius 3 is 2.13 bits per heavy atom. The second kappa shape index (κ2) is 8.45. The summed E-state index contributed by atoms with van der Waals surface area (Å²) in [6.07, 6.45) is 3.60. The van der Waals surface area contributed by atoms with Gasteiger partial charge in [-0.1, -0.05) is 35.9 Å². The molecule has 30 heavy (non-hydrogen) atoms. The number of hydrogen-bond donors (Lipinski definition) is 1. The van der Waals surface area contributed by atoms with E-state index in [0.717, 1.165) is 43.1 Å². The minimum absolute atomic E-state index is 0.248. The lowest BCUT2D eigenvalue weighted by atomic mass is 10.1. The maximum Gasteiger partial charge on any atom is 0.198 e. The Hall–Kier alpha value is -2.90. The third-order valence-electron chi connectivity index (χ3n) is 5.58. The van der Waals surface area contributed by atoms with Crippen LogP contribution in [0.3, 0.4) is 0 Å². The second-order valence-corrected chi connectivity index (χ2v) is 9.59. The standard InChI is InChI=1S/C23H26N4O2S/c1-18-6-8-20(9-7-18)30(28,29)23(24)21-4-2-3-5-22(21)27-16-14-26(15-17-27)19-10-12-25-13-11-19/h2-13,23H,14-17,24H2,1H3. The molecule has 0 aliphatic carbocycles. The van der Waals surface area contributed by atoms with E-state index < -0.39 is 15.2 Å². The van der Waals surface area contributed by atoms with Crippen LogP contribution in [-0.4, -0.2) is 39.6 Å². The van der Waals surface area contributed by atoms with E-state index in [9.17, 15) is 8.42 Å². The van der Waals surface area contributed by atoms with Gasteiger partial charge in [-0.15, -0.1) is 0 Å². The number of nitrogens with two attached hydrogens (primary N) is 1. The third kappa shape index (κ3) is 4.04. The van der Waals surface area contributed by atoms with Crippen molar-refractivity contribution in [1.29, 1.82) is 0 Å². The Morgan fingerprint density at radius 1 is 0.867 bits per heavy atom. The molecule has 0 radical (unpaired) electrons. The lowest BCUT2D eigenvalue weighted by Gasteiger charge is -2.38. The summed E-state index contributed by atoms with van der Waals surface area (Å²) in [5.74, 6) is 0. The normalized spacial score (nSPS) is 15.8. The lowest BCUT2D eigenvalue weighted by Crippen LogP contribution is -2.47. The maximum absolute atomic E-state index is 13.2. The Kier molecular flexibility index (Phi) is 5.74. The average molecular weight is 423 g/mol. The molecule has 156 valence electrons. The number of anilines is 2. The van der Waals surface area contributed by atoms with Gasteiger partial charge in [-0.3, -0.25) is 4.98 Å². The molecule has 2 aromatic carbocycles. The first-order chi connectivity index (χ1) is 14.5. The molecule has 4 rings (SSSR count). The van der Waals surface area contributed by atoms with Gasteiger partial charge in [0.2, 0.25) is 0 Å². The first-order valence-corrected chi connectivity index (χ1v) is 11.6. The summed E-state index contributed by atoms with van der Waals surface area (Å²) in [4.78, 5) is 8.86. The molecule has 1 aliphatic rings. The fourth-order valence-corrected chi connectivity index (χ4v) is 5.16. The van der Waals surface area contributed by atoms with Gasteiger partial charge in [0.25, 0.3) is 0 Å². The molecular formula is C23H26N4O2S. The van der Waals surface area contributed by atoms with Crippen LogP contribution in [0.25, 0.3) is 0 Å². The fourth-order valence-electron chi connectivity index (χ4n) is 3.82. The lowest BCUT2D eigenvalue weighted by molar-refractivity contribution is 0.583. The molecule has 1 fully saturated rings. The van der Waals surface area contributed by atoms with Crippen molar-refractivity contribution in [3.63, 3.8) is 0 Å². The zero-order valence-electron chi connectivity index (χ0n) is 17.0. The van der Waals surface area contributed by atoms with Gasteiger partial charge in [0.1, 0.15) is 5.37 Å². The van der Waals surface area contributed by atoms with Crippen molar-refractivity contribution in [2.45, 2.75) is 17.2 Å². The Labute approximate surface area is 177 Å². The number of piperazine rings is 1. The molecule has 0 bridgehead atoms. The van der Waals surface area contributed by atoms with E-state index in [0.29, 0.717) is 5.56 Å². The van der Waals surface area contributed by atoms with E-state index in [4.69, 9.17) is 5.73 Å². The predicted molar refractivity (Wildman–Crippen MR) is 120 cm³/mol. The first-order valence-electron chi connectivity index (χ1n) is 10.0. The zero-order valence-corrected chi connectivity index (χ0v) is 17.8. The summed E-state index contributed by atoms with van der Waals surface area (Å²) in [5.41, 5.74) is 10.0. The molecule has 2 N–H and O–H groups in total. The number of aromatic nitrogens is 1. The Morgan fingerprint density at radius 2 is 1.47 bits per heavy atom. The van der Waals surface area contributed by atoms with E-state index >= 15 is 0 Å². The maximum atomic E-state index is 13.2. The van der Waals surface area contributed by atoms with E-state index in [1.54, 1.807) is 36.7 Å². The van der Waals surface area contributed by atoms with Crippen LogP contribution in [0.15, 0.2) is 78.0 Å². The summed E-state index contributed by atoms with van der Waals surface area (Å²) < 4.78 is 26.3. The van der Waals surface area contributed by atoms with Crippen molar-refractivity contribution in [1.82, 2.24) is 4.98 Å². The van der Waals surface area contributed by atoms with Crippen molar-refractivity contribution in [3.05, 3.63) is 84.2 Å². The van der Waals surface area contributed by atoms with Gasteiger partial charge in [0.15, 0.2) is 9.84 Å². The highest BCUT2D eigenvalue weighted by molar-refractivity contribution is 7.91. The van der Waals surface area contributed by atoms with E-state index in [-0.39, 0.29) is 4.90 Å². The first kappa shape index (κ1) is 20.4. The van der Waals surface area contributed by atoms with Crippen LogP contribution < -0.4 is 15.5 Å². The van der Waals surface area contributed by atoms with Gasteiger partial charge in [0, 0.05) is 55.5 Å². The number of benzene rings is 2. The van der Waals surface area contributed by atoms with Crippen LogP contribution in [0.4, 0.5) is 11.4 Å². The summed E-state index contributed by atoms with van der Waals surface area (Å²) >= 11 is 0. The molecule has 7 heteroatoms. The molecule has 6 nitrogen and oxygen atoms in total. The monoisotopic (exact) mass is 422 g/mol. The predicted octanol–water partition coefficient (Wildman–Crippen LogP) is 3.15. The van der Waals surface area contributed by atoms with Gasteiger partial charge in [-0.2, -0.15) is 0 Å². The van der Waals surface area contributed by atoms with E-state index in [1.807, 2.05) is 43.3 Å². The van der Waals surface area contributed by atoms with E-state index in [1.165, 1.54) is 0 Å². The molecule has 1 saturated heterocycles. The van der Waals surface area contributed by atoms with Gasteiger partial charge < -0.3 is 15.5 Å². The van der Waals surface area contributed by atoms with Crippen LogP contribution in [0.1, 0.15) is 16.5 Å². The third-order valence-corrected chi connectivity index (χ3v) is 7.43.